The van der Waals surface area contributed by atoms with Gasteiger partial charge in [-0.05, 0) is 12.1 Å². The second kappa shape index (κ2) is 5.96. The first kappa shape index (κ1) is 14.7. The van der Waals surface area contributed by atoms with Gasteiger partial charge in [0.25, 0.3) is 0 Å². The molecule has 3 aliphatic heterocycles. The van der Waals surface area contributed by atoms with Crippen molar-refractivity contribution in [2.45, 2.75) is 6.42 Å². The fourth-order valence-corrected chi connectivity index (χ4v) is 4.12. The second-order valence-electron chi connectivity index (χ2n) is 5.88. The topological polar surface area (TPSA) is 59.1 Å². The van der Waals surface area contributed by atoms with Crippen LogP contribution in [0.15, 0.2) is 18.2 Å². The minimum atomic E-state index is -0.240. The molecule has 3 aliphatic rings. The average Bonchev–Trinajstić information content (AvgIpc) is 3.20. The van der Waals surface area contributed by atoms with Crippen LogP contribution in [0, 0.1) is 5.92 Å². The summed E-state index contributed by atoms with van der Waals surface area (Å²) in [7, 11) is 0. The smallest absolute Gasteiger partial charge is 0.231 e. The molecule has 4 rings (SSSR count). The van der Waals surface area contributed by atoms with Gasteiger partial charge in [-0.2, -0.15) is 11.8 Å². The summed E-state index contributed by atoms with van der Waals surface area (Å²) < 4.78 is 10.7. The lowest BCUT2D eigenvalue weighted by atomic mass is 10.1. The summed E-state index contributed by atoms with van der Waals surface area (Å²) in [5.41, 5.74) is 0.767. The van der Waals surface area contributed by atoms with E-state index >= 15 is 0 Å². The Morgan fingerprint density at radius 1 is 1.17 bits per heavy atom. The molecule has 3 heterocycles. The number of nitrogens with zero attached hydrogens (tertiary/aromatic N) is 2. The maximum absolute atomic E-state index is 12.6. The lowest BCUT2D eigenvalue weighted by molar-refractivity contribution is -0.135. The summed E-state index contributed by atoms with van der Waals surface area (Å²) in [4.78, 5) is 28.5. The highest BCUT2D eigenvalue weighted by Crippen LogP contribution is 2.37. The first-order valence-corrected chi connectivity index (χ1v) is 8.94. The van der Waals surface area contributed by atoms with Gasteiger partial charge < -0.3 is 19.3 Å². The van der Waals surface area contributed by atoms with Crippen LogP contribution in [-0.2, 0) is 9.59 Å². The molecule has 0 unspecified atom stereocenters. The van der Waals surface area contributed by atoms with Crippen molar-refractivity contribution in [2.24, 2.45) is 5.92 Å². The quantitative estimate of drug-likeness (QED) is 0.817. The van der Waals surface area contributed by atoms with E-state index in [0.717, 1.165) is 30.3 Å². The third kappa shape index (κ3) is 2.73. The number of amides is 2. The minimum absolute atomic E-state index is 0.00593. The van der Waals surface area contributed by atoms with E-state index in [4.69, 9.17) is 9.47 Å². The van der Waals surface area contributed by atoms with Crippen molar-refractivity contribution in [2.75, 3.05) is 42.8 Å². The number of carbonyl (C=O) groups excluding carboxylic acids is 2. The lowest BCUT2D eigenvalue weighted by Gasteiger charge is -2.28. The van der Waals surface area contributed by atoms with Gasteiger partial charge in [-0.1, -0.05) is 0 Å². The molecule has 7 heteroatoms. The van der Waals surface area contributed by atoms with Gasteiger partial charge >= 0.3 is 0 Å². The van der Waals surface area contributed by atoms with E-state index in [1.54, 1.807) is 4.90 Å². The molecule has 2 amide bonds. The molecule has 2 fully saturated rings. The molecule has 122 valence electrons. The van der Waals surface area contributed by atoms with Crippen LogP contribution in [-0.4, -0.2) is 54.6 Å². The molecule has 0 saturated carbocycles. The van der Waals surface area contributed by atoms with E-state index in [0.29, 0.717) is 18.0 Å². The summed E-state index contributed by atoms with van der Waals surface area (Å²) in [6.45, 7) is 2.23. The van der Waals surface area contributed by atoms with E-state index in [2.05, 4.69) is 0 Å². The predicted octanol–water partition coefficient (Wildman–Crippen LogP) is 1.34. The van der Waals surface area contributed by atoms with Gasteiger partial charge in [0, 0.05) is 49.3 Å². The van der Waals surface area contributed by atoms with Crippen LogP contribution < -0.4 is 14.4 Å². The van der Waals surface area contributed by atoms with Gasteiger partial charge in [-0.15, -0.1) is 0 Å². The molecular formula is C16H18N2O4S. The van der Waals surface area contributed by atoms with Crippen LogP contribution in [0.2, 0.25) is 0 Å². The number of hydrogen-bond acceptors (Lipinski definition) is 5. The summed E-state index contributed by atoms with van der Waals surface area (Å²) in [5, 5.41) is 0. The summed E-state index contributed by atoms with van der Waals surface area (Å²) >= 11 is 1.87. The van der Waals surface area contributed by atoms with Crippen LogP contribution in [0.5, 0.6) is 11.5 Å². The van der Waals surface area contributed by atoms with Gasteiger partial charge in [0.15, 0.2) is 11.5 Å². The molecule has 0 bridgehead atoms. The number of ether oxygens (including phenoxy) is 2. The van der Waals surface area contributed by atoms with Crippen molar-refractivity contribution in [3.05, 3.63) is 18.2 Å². The minimum Gasteiger partial charge on any atom is -0.454 e. The van der Waals surface area contributed by atoms with Crippen LogP contribution in [0.25, 0.3) is 0 Å². The zero-order chi connectivity index (χ0) is 15.8. The third-order valence-corrected chi connectivity index (χ3v) is 5.41. The van der Waals surface area contributed by atoms with Crippen molar-refractivity contribution in [3.63, 3.8) is 0 Å². The number of fused-ring (bicyclic) bond motifs is 1. The van der Waals surface area contributed by atoms with Gasteiger partial charge in [-0.3, -0.25) is 9.59 Å². The largest absolute Gasteiger partial charge is 0.454 e. The van der Waals surface area contributed by atoms with Crippen molar-refractivity contribution < 1.29 is 19.1 Å². The van der Waals surface area contributed by atoms with Crippen LogP contribution >= 0.6 is 11.8 Å². The van der Waals surface area contributed by atoms with Gasteiger partial charge in [0.2, 0.25) is 18.6 Å². The number of carbonyl (C=O) groups is 2. The normalized spacial score (nSPS) is 23.5. The van der Waals surface area contributed by atoms with Crippen molar-refractivity contribution in [1.82, 2.24) is 4.90 Å². The Labute approximate surface area is 138 Å². The first-order valence-electron chi connectivity index (χ1n) is 7.79. The molecule has 0 radical (unpaired) electrons. The Morgan fingerprint density at radius 3 is 2.78 bits per heavy atom. The van der Waals surface area contributed by atoms with Gasteiger partial charge in [-0.25, -0.2) is 0 Å². The number of thioether (sulfide) groups is 1. The fourth-order valence-electron chi connectivity index (χ4n) is 3.22. The number of rotatable bonds is 2. The monoisotopic (exact) mass is 334 g/mol. The molecule has 0 aliphatic carbocycles. The predicted molar refractivity (Wildman–Crippen MR) is 86.9 cm³/mol. The highest BCUT2D eigenvalue weighted by molar-refractivity contribution is 7.99. The molecule has 1 aromatic rings. The number of anilines is 1. The van der Waals surface area contributed by atoms with Crippen LogP contribution in [0.4, 0.5) is 5.69 Å². The Hall–Kier alpha value is -1.89. The summed E-state index contributed by atoms with van der Waals surface area (Å²) in [5.74, 6) is 3.18. The van der Waals surface area contributed by atoms with Gasteiger partial charge in [0.05, 0.1) is 5.92 Å². The third-order valence-electron chi connectivity index (χ3n) is 4.46. The highest BCUT2D eigenvalue weighted by atomic mass is 32.2. The van der Waals surface area contributed by atoms with E-state index in [9.17, 15) is 9.59 Å². The highest BCUT2D eigenvalue weighted by Gasteiger charge is 2.37. The first-order chi connectivity index (χ1) is 11.2. The Balaban J connectivity index is 1.48. The fraction of sp³-hybridized carbons (Fsp3) is 0.500. The van der Waals surface area contributed by atoms with Crippen molar-refractivity contribution in [3.8, 4) is 11.5 Å². The van der Waals surface area contributed by atoms with Crippen LogP contribution in [0.3, 0.4) is 0 Å². The molecule has 2 saturated heterocycles. The van der Waals surface area contributed by atoms with Gasteiger partial charge in [0.1, 0.15) is 0 Å². The SMILES string of the molecule is O=C([C@H]1CC(=O)N(c2ccc3c(c2)OCO3)C1)N1CCSCC1. The molecule has 6 nitrogen and oxygen atoms in total. The van der Waals surface area contributed by atoms with E-state index in [-0.39, 0.29) is 30.9 Å². The Kier molecular flexibility index (Phi) is 3.80. The number of benzene rings is 1. The van der Waals surface area contributed by atoms with Crippen molar-refractivity contribution in [1.29, 1.82) is 0 Å². The average molecular weight is 334 g/mol. The molecule has 0 aromatic heterocycles. The Morgan fingerprint density at radius 2 is 1.96 bits per heavy atom. The molecule has 1 atom stereocenters. The maximum Gasteiger partial charge on any atom is 0.231 e. The molecule has 23 heavy (non-hydrogen) atoms. The summed E-state index contributed by atoms with van der Waals surface area (Å²) in [6, 6.07) is 5.46. The molecule has 1 aromatic carbocycles. The Bertz CT molecular complexity index is 645. The molecular weight excluding hydrogens is 316 g/mol. The van der Waals surface area contributed by atoms with Crippen molar-refractivity contribution >= 4 is 29.3 Å². The zero-order valence-corrected chi connectivity index (χ0v) is 13.5. The maximum atomic E-state index is 12.6. The van der Waals surface area contributed by atoms with E-state index in [1.165, 1.54) is 0 Å². The van der Waals surface area contributed by atoms with E-state index in [1.807, 2.05) is 34.9 Å². The lowest BCUT2D eigenvalue weighted by Crippen LogP contribution is -2.42. The number of hydrogen-bond donors (Lipinski definition) is 0. The molecule has 0 spiro atoms. The summed E-state index contributed by atoms with van der Waals surface area (Å²) in [6.07, 6.45) is 0.289. The molecule has 0 N–H and O–H groups in total. The second-order valence-corrected chi connectivity index (χ2v) is 7.11. The standard InChI is InChI=1S/C16H18N2O4S/c19-15-7-11(16(20)17-3-5-23-6-4-17)9-18(15)12-1-2-13-14(8-12)22-10-21-13/h1-2,8,11H,3-7,9-10H2/t11-/m0/s1. The van der Waals surface area contributed by atoms with E-state index < -0.39 is 0 Å². The zero-order valence-electron chi connectivity index (χ0n) is 12.7. The van der Waals surface area contributed by atoms with Crippen LogP contribution in [0.1, 0.15) is 6.42 Å².